The van der Waals surface area contributed by atoms with Gasteiger partial charge in [-0.05, 0) is 54.2 Å². The molecule has 2 aromatic rings. The van der Waals surface area contributed by atoms with Gasteiger partial charge in [0.25, 0.3) is 0 Å². The molecule has 1 aliphatic heterocycles. The predicted molar refractivity (Wildman–Crippen MR) is 91.8 cm³/mol. The first-order valence-corrected chi connectivity index (χ1v) is 8.35. The first-order valence-electron chi connectivity index (χ1n) is 8.35. The number of halogens is 1. The number of piperidine rings is 1. The first-order chi connectivity index (χ1) is 11.2. The summed E-state index contributed by atoms with van der Waals surface area (Å²) in [4.78, 5) is 6.21. The van der Waals surface area contributed by atoms with E-state index in [2.05, 4.69) is 22.1 Å². The molecule has 1 aromatic carbocycles. The Morgan fingerprint density at radius 2 is 1.96 bits per heavy atom. The predicted octanol–water partition coefficient (Wildman–Crippen LogP) is 3.75. The number of hydrogen-bond acceptors (Lipinski definition) is 3. The normalized spacial score (nSPS) is 18.2. The van der Waals surface area contributed by atoms with Gasteiger partial charge < -0.3 is 10.2 Å². The summed E-state index contributed by atoms with van der Waals surface area (Å²) >= 11 is 0. The van der Waals surface area contributed by atoms with Gasteiger partial charge in [-0.3, -0.25) is 4.98 Å². The molecule has 0 aliphatic carbocycles. The second-order valence-corrected chi connectivity index (χ2v) is 6.44. The molecular formula is C19H24FN3. The lowest BCUT2D eigenvalue weighted by atomic mass is 9.99. The van der Waals surface area contributed by atoms with Crippen LogP contribution in [0.15, 0.2) is 42.7 Å². The fourth-order valence-electron chi connectivity index (χ4n) is 3.17. The minimum atomic E-state index is -0.114. The second-order valence-electron chi connectivity index (χ2n) is 6.44. The molecule has 1 saturated heterocycles. The Morgan fingerprint density at radius 1 is 1.17 bits per heavy atom. The Kier molecular flexibility index (Phi) is 5.23. The highest BCUT2D eigenvalue weighted by molar-refractivity contribution is 5.50. The summed E-state index contributed by atoms with van der Waals surface area (Å²) in [6.07, 6.45) is 5.98. The van der Waals surface area contributed by atoms with E-state index >= 15 is 0 Å². The van der Waals surface area contributed by atoms with Crippen molar-refractivity contribution in [1.29, 1.82) is 0 Å². The van der Waals surface area contributed by atoms with E-state index in [-0.39, 0.29) is 5.82 Å². The topological polar surface area (TPSA) is 28.2 Å². The average molecular weight is 313 g/mol. The van der Waals surface area contributed by atoms with Crippen molar-refractivity contribution in [1.82, 2.24) is 10.3 Å². The summed E-state index contributed by atoms with van der Waals surface area (Å²) in [5.41, 5.74) is 3.07. The zero-order valence-corrected chi connectivity index (χ0v) is 13.6. The zero-order chi connectivity index (χ0) is 16.1. The summed E-state index contributed by atoms with van der Waals surface area (Å²) in [6.45, 7) is 5.67. The summed E-state index contributed by atoms with van der Waals surface area (Å²) in [6, 6.07) is 9.45. The lowest BCUT2D eigenvalue weighted by Gasteiger charge is -2.33. The Morgan fingerprint density at radius 3 is 2.74 bits per heavy atom. The SMILES string of the molecule is CC1CCCN(c2cc(CNCc3ccncc3)ccc2F)C1. The average Bonchev–Trinajstić information content (AvgIpc) is 2.57. The van der Waals surface area contributed by atoms with Crippen molar-refractivity contribution >= 4 is 5.69 Å². The van der Waals surface area contributed by atoms with Gasteiger partial charge in [-0.25, -0.2) is 4.39 Å². The highest BCUT2D eigenvalue weighted by Gasteiger charge is 2.19. The van der Waals surface area contributed by atoms with E-state index in [1.807, 2.05) is 24.3 Å². The molecule has 1 N–H and O–H groups in total. The molecule has 0 amide bonds. The molecule has 0 saturated carbocycles. The fraction of sp³-hybridized carbons (Fsp3) is 0.421. The van der Waals surface area contributed by atoms with Gasteiger partial charge >= 0.3 is 0 Å². The number of rotatable bonds is 5. The van der Waals surface area contributed by atoms with Gasteiger partial charge in [0.05, 0.1) is 5.69 Å². The van der Waals surface area contributed by atoms with Gasteiger partial charge in [-0.1, -0.05) is 13.0 Å². The summed E-state index contributed by atoms with van der Waals surface area (Å²) in [5, 5.41) is 3.41. The molecule has 3 rings (SSSR count). The molecule has 1 fully saturated rings. The van der Waals surface area contributed by atoms with Crippen LogP contribution in [0.5, 0.6) is 0 Å². The summed E-state index contributed by atoms with van der Waals surface area (Å²) in [5.74, 6) is 0.522. The Balaban J connectivity index is 1.63. The van der Waals surface area contributed by atoms with Crippen LogP contribution in [0.3, 0.4) is 0 Å². The first kappa shape index (κ1) is 15.9. The van der Waals surface area contributed by atoms with Crippen molar-refractivity contribution in [2.45, 2.75) is 32.9 Å². The van der Waals surface area contributed by atoms with E-state index in [1.54, 1.807) is 18.5 Å². The van der Waals surface area contributed by atoms with Crippen molar-refractivity contribution in [3.05, 3.63) is 59.7 Å². The van der Waals surface area contributed by atoms with Crippen LogP contribution in [0.25, 0.3) is 0 Å². The second kappa shape index (κ2) is 7.55. The molecule has 0 bridgehead atoms. The van der Waals surface area contributed by atoms with Gasteiger partial charge in [0.15, 0.2) is 0 Å². The minimum Gasteiger partial charge on any atom is -0.369 e. The van der Waals surface area contributed by atoms with Crippen molar-refractivity contribution in [3.63, 3.8) is 0 Å². The number of nitrogens with zero attached hydrogens (tertiary/aromatic N) is 2. The van der Waals surface area contributed by atoms with Crippen LogP contribution in [0.2, 0.25) is 0 Å². The number of hydrogen-bond donors (Lipinski definition) is 1. The lowest BCUT2D eigenvalue weighted by molar-refractivity contribution is 0.442. The molecule has 1 aromatic heterocycles. The maximum Gasteiger partial charge on any atom is 0.146 e. The largest absolute Gasteiger partial charge is 0.369 e. The number of nitrogens with one attached hydrogen (secondary N) is 1. The molecule has 4 heteroatoms. The minimum absolute atomic E-state index is 0.114. The van der Waals surface area contributed by atoms with Crippen molar-refractivity contribution < 1.29 is 4.39 Å². The van der Waals surface area contributed by atoms with E-state index in [1.165, 1.54) is 12.0 Å². The Hall–Kier alpha value is -1.94. The third-order valence-electron chi connectivity index (χ3n) is 4.42. The van der Waals surface area contributed by atoms with E-state index in [0.29, 0.717) is 5.92 Å². The summed E-state index contributed by atoms with van der Waals surface area (Å²) < 4.78 is 14.2. The van der Waals surface area contributed by atoms with Gasteiger partial charge in [-0.15, -0.1) is 0 Å². The molecular weight excluding hydrogens is 289 g/mol. The van der Waals surface area contributed by atoms with Crippen LogP contribution in [0.1, 0.15) is 30.9 Å². The van der Waals surface area contributed by atoms with Crippen LogP contribution in [0, 0.1) is 11.7 Å². The quantitative estimate of drug-likeness (QED) is 0.911. The van der Waals surface area contributed by atoms with E-state index in [4.69, 9.17) is 0 Å². The molecule has 0 radical (unpaired) electrons. The van der Waals surface area contributed by atoms with Crippen molar-refractivity contribution in [2.24, 2.45) is 5.92 Å². The Labute approximate surface area is 137 Å². The van der Waals surface area contributed by atoms with Crippen molar-refractivity contribution in [3.8, 4) is 0 Å². The fourth-order valence-corrected chi connectivity index (χ4v) is 3.17. The molecule has 3 nitrogen and oxygen atoms in total. The van der Waals surface area contributed by atoms with Crippen LogP contribution >= 0.6 is 0 Å². The highest BCUT2D eigenvalue weighted by Crippen LogP contribution is 2.26. The van der Waals surface area contributed by atoms with Gasteiger partial charge in [0.1, 0.15) is 5.82 Å². The van der Waals surface area contributed by atoms with Crippen LogP contribution in [-0.2, 0) is 13.1 Å². The maximum absolute atomic E-state index is 14.2. The van der Waals surface area contributed by atoms with Gasteiger partial charge in [0, 0.05) is 38.6 Å². The highest BCUT2D eigenvalue weighted by atomic mass is 19.1. The van der Waals surface area contributed by atoms with E-state index < -0.39 is 0 Å². The standard InChI is InChI=1S/C19H24FN3/c1-15-3-2-10-23(14-15)19-11-17(4-5-18(19)20)13-22-12-16-6-8-21-9-7-16/h4-9,11,15,22H,2-3,10,12-14H2,1H3. The molecule has 2 heterocycles. The number of benzene rings is 1. The zero-order valence-electron chi connectivity index (χ0n) is 13.6. The monoisotopic (exact) mass is 313 g/mol. The molecule has 1 atom stereocenters. The number of anilines is 1. The Bertz CT molecular complexity index is 630. The molecule has 0 spiro atoms. The lowest BCUT2D eigenvalue weighted by Crippen LogP contribution is -2.34. The molecule has 1 aliphatic rings. The smallest absolute Gasteiger partial charge is 0.146 e. The third-order valence-corrected chi connectivity index (χ3v) is 4.42. The van der Waals surface area contributed by atoms with Gasteiger partial charge in [0.2, 0.25) is 0 Å². The number of pyridine rings is 1. The molecule has 23 heavy (non-hydrogen) atoms. The van der Waals surface area contributed by atoms with Crippen LogP contribution in [-0.4, -0.2) is 18.1 Å². The maximum atomic E-state index is 14.2. The van der Waals surface area contributed by atoms with Crippen molar-refractivity contribution in [2.75, 3.05) is 18.0 Å². The van der Waals surface area contributed by atoms with E-state index in [9.17, 15) is 4.39 Å². The van der Waals surface area contributed by atoms with Gasteiger partial charge in [-0.2, -0.15) is 0 Å². The molecule has 122 valence electrons. The number of aromatic nitrogens is 1. The van der Waals surface area contributed by atoms with E-state index in [0.717, 1.165) is 43.9 Å². The third kappa shape index (κ3) is 4.29. The van der Waals surface area contributed by atoms with Crippen LogP contribution < -0.4 is 10.2 Å². The molecule has 1 unspecified atom stereocenters. The summed E-state index contributed by atoms with van der Waals surface area (Å²) in [7, 11) is 0. The van der Waals surface area contributed by atoms with Crippen LogP contribution in [0.4, 0.5) is 10.1 Å².